The Morgan fingerprint density at radius 2 is 1.02 bits per heavy atom. The second-order valence-corrected chi connectivity index (χ2v) is 13.0. The third kappa shape index (κ3) is 11.0. The molecule has 1 amide bonds. The van der Waals surface area contributed by atoms with Crippen molar-refractivity contribution in [3.8, 4) is 34.4 Å². The Morgan fingerprint density at radius 1 is 0.623 bits per heavy atom. The summed E-state index contributed by atoms with van der Waals surface area (Å²) in [7, 11) is 0. The molecule has 0 saturated carbocycles. The highest BCUT2D eigenvalue weighted by Gasteiger charge is 2.38. The number of nitrogen functional groups attached to an aromatic ring is 1. The van der Waals surface area contributed by atoms with Gasteiger partial charge in [-0.15, -0.1) is 22.7 Å². The zero-order valence-corrected chi connectivity index (χ0v) is 29.2. The molecule has 6 nitrogen and oxygen atoms in total. The van der Waals surface area contributed by atoms with Crippen molar-refractivity contribution in [2.24, 2.45) is 0 Å². The molecule has 2 heterocycles. The summed E-state index contributed by atoms with van der Waals surface area (Å²) in [5, 5.41) is 18.8. The lowest BCUT2D eigenvalue weighted by atomic mass is 10.1. The zero-order chi connectivity index (χ0) is 38.8. The van der Waals surface area contributed by atoms with Crippen molar-refractivity contribution in [1.82, 2.24) is 0 Å². The standard InChI is InChI=1S/C19H11F3N2OS.C12H6ClF3OS.C7H6N2/c20-19(21,22)17-15(13-4-2-1-3-5-13)10-16(26-17)18(25)24-14-8-6-12(11-23)7-9-14;13-11(17)9-6-8(7-4-2-1-3-5-7)10(18-9)12(14,15)16;8-5-6-1-3-7(9)4-2-6/h1-10H,(H,24,25);1-6H;1-4H,9H2. The normalized spacial score (nSPS) is 10.7. The summed E-state index contributed by atoms with van der Waals surface area (Å²) in [6.45, 7) is 0. The minimum Gasteiger partial charge on any atom is -0.399 e. The van der Waals surface area contributed by atoms with Crippen molar-refractivity contribution < 1.29 is 35.9 Å². The highest BCUT2D eigenvalue weighted by molar-refractivity contribution is 7.16. The Morgan fingerprint density at radius 3 is 1.42 bits per heavy atom. The third-order valence-electron chi connectivity index (χ3n) is 6.88. The van der Waals surface area contributed by atoms with Gasteiger partial charge in [-0.3, -0.25) is 9.59 Å². The summed E-state index contributed by atoms with van der Waals surface area (Å²) < 4.78 is 78.7. The van der Waals surface area contributed by atoms with Crippen LogP contribution in [-0.2, 0) is 12.4 Å². The number of nitrogens with one attached hydrogen (secondary N) is 1. The van der Waals surface area contributed by atoms with Gasteiger partial charge in [-0.25, -0.2) is 0 Å². The molecule has 0 spiro atoms. The number of nitriles is 2. The number of halogens is 7. The van der Waals surface area contributed by atoms with E-state index in [4.69, 9.17) is 27.9 Å². The molecule has 0 unspecified atom stereocenters. The van der Waals surface area contributed by atoms with E-state index in [0.717, 1.165) is 0 Å². The monoisotopic (exact) mass is 780 g/mol. The number of hydrogen-bond donors (Lipinski definition) is 2. The van der Waals surface area contributed by atoms with Crippen LogP contribution in [0.5, 0.6) is 0 Å². The maximum atomic E-state index is 13.4. The second-order valence-electron chi connectivity index (χ2n) is 10.6. The smallest absolute Gasteiger partial charge is 0.399 e. The molecule has 6 aromatic rings. The minimum absolute atomic E-state index is 0.0166. The summed E-state index contributed by atoms with van der Waals surface area (Å²) in [4.78, 5) is 21.6. The van der Waals surface area contributed by atoms with Gasteiger partial charge in [0.15, 0.2) is 0 Å². The zero-order valence-electron chi connectivity index (χ0n) is 26.8. The van der Waals surface area contributed by atoms with Crippen LogP contribution in [0.4, 0.5) is 37.7 Å². The highest BCUT2D eigenvalue weighted by Crippen LogP contribution is 2.44. The molecule has 0 radical (unpaired) electrons. The predicted octanol–water partition coefficient (Wildman–Crippen LogP) is 11.5. The number of anilines is 2. The van der Waals surface area contributed by atoms with Crippen LogP contribution in [0.25, 0.3) is 22.3 Å². The molecule has 0 bridgehead atoms. The van der Waals surface area contributed by atoms with E-state index in [1.807, 2.05) is 12.1 Å². The Hall–Kier alpha value is -5.93. The Kier molecular flexibility index (Phi) is 13.2. The van der Waals surface area contributed by atoms with Crippen molar-refractivity contribution in [2.45, 2.75) is 12.4 Å². The number of nitrogens with two attached hydrogens (primary N) is 1. The van der Waals surface area contributed by atoms with Gasteiger partial charge in [0.2, 0.25) is 0 Å². The summed E-state index contributed by atoms with van der Waals surface area (Å²) in [5.41, 5.74) is 8.29. The van der Waals surface area contributed by atoms with Crippen LogP contribution < -0.4 is 11.1 Å². The van der Waals surface area contributed by atoms with E-state index in [2.05, 4.69) is 5.32 Å². The predicted molar refractivity (Wildman–Crippen MR) is 194 cm³/mol. The van der Waals surface area contributed by atoms with E-state index in [1.54, 1.807) is 84.9 Å². The van der Waals surface area contributed by atoms with E-state index in [0.29, 0.717) is 56.3 Å². The molecule has 0 atom stereocenters. The molecular weight excluding hydrogens is 758 g/mol. The van der Waals surface area contributed by atoms with E-state index in [9.17, 15) is 35.9 Å². The molecule has 4 aromatic carbocycles. The van der Waals surface area contributed by atoms with Gasteiger partial charge in [0.05, 0.1) is 33.0 Å². The van der Waals surface area contributed by atoms with Crippen LogP contribution in [0.3, 0.4) is 0 Å². The van der Waals surface area contributed by atoms with E-state index in [-0.39, 0.29) is 20.9 Å². The van der Waals surface area contributed by atoms with E-state index >= 15 is 0 Å². The molecule has 15 heteroatoms. The topological polar surface area (TPSA) is 120 Å². The van der Waals surface area contributed by atoms with Crippen molar-refractivity contribution in [3.63, 3.8) is 0 Å². The van der Waals surface area contributed by atoms with Gasteiger partial charge in [-0.2, -0.15) is 36.9 Å². The van der Waals surface area contributed by atoms with Crippen LogP contribution in [0.15, 0.2) is 121 Å². The van der Waals surface area contributed by atoms with Crippen LogP contribution >= 0.6 is 34.3 Å². The van der Waals surface area contributed by atoms with Crippen LogP contribution in [0.2, 0.25) is 0 Å². The maximum absolute atomic E-state index is 13.4. The molecule has 268 valence electrons. The van der Waals surface area contributed by atoms with Crippen molar-refractivity contribution >= 4 is 56.8 Å². The molecule has 2 aromatic heterocycles. The maximum Gasteiger partial charge on any atom is 0.426 e. The summed E-state index contributed by atoms with van der Waals surface area (Å²) in [6.07, 6.45) is -9.05. The molecule has 0 saturated heterocycles. The van der Waals surface area contributed by atoms with Gasteiger partial charge in [-0.05, 0) is 83.4 Å². The Balaban J connectivity index is 0.000000200. The first-order chi connectivity index (χ1) is 25.1. The lowest BCUT2D eigenvalue weighted by molar-refractivity contribution is -0.134. The van der Waals surface area contributed by atoms with Gasteiger partial charge in [0, 0.05) is 22.5 Å². The first-order valence-corrected chi connectivity index (χ1v) is 16.9. The third-order valence-corrected chi connectivity index (χ3v) is 9.55. The molecule has 0 aliphatic heterocycles. The van der Waals surface area contributed by atoms with Gasteiger partial charge in [-0.1, -0.05) is 60.7 Å². The molecule has 0 aliphatic rings. The molecular formula is C38H23ClF6N4O2S2. The fourth-order valence-electron chi connectivity index (χ4n) is 4.45. The summed E-state index contributed by atoms with van der Waals surface area (Å²) >= 11 is 6.00. The molecule has 0 aliphatic carbocycles. The lowest BCUT2D eigenvalue weighted by Crippen LogP contribution is -2.10. The van der Waals surface area contributed by atoms with Crippen molar-refractivity contribution in [3.05, 3.63) is 152 Å². The Bertz CT molecular complexity index is 2260. The summed E-state index contributed by atoms with van der Waals surface area (Å²) in [6, 6.07) is 35.5. The number of nitrogens with zero attached hydrogens (tertiary/aromatic N) is 2. The number of rotatable bonds is 5. The first kappa shape index (κ1) is 39.8. The fourth-order valence-corrected chi connectivity index (χ4v) is 6.45. The average Bonchev–Trinajstić information content (AvgIpc) is 3.81. The number of hydrogen-bond acceptors (Lipinski definition) is 7. The van der Waals surface area contributed by atoms with Gasteiger partial charge >= 0.3 is 12.4 Å². The summed E-state index contributed by atoms with van der Waals surface area (Å²) in [5.74, 6) is -0.632. The largest absolute Gasteiger partial charge is 0.426 e. The van der Waals surface area contributed by atoms with Crippen LogP contribution in [0, 0.1) is 22.7 Å². The molecule has 3 N–H and O–H groups in total. The quantitative estimate of drug-likeness (QED) is 0.103. The lowest BCUT2D eigenvalue weighted by Gasteiger charge is -2.07. The fraction of sp³-hybridized carbons (Fsp3) is 0.0526. The van der Waals surface area contributed by atoms with Crippen molar-refractivity contribution in [1.29, 1.82) is 10.5 Å². The number of alkyl halides is 6. The average molecular weight is 781 g/mol. The number of carbonyl (C=O) groups excluding carboxylic acids is 2. The van der Waals surface area contributed by atoms with Crippen LogP contribution in [0.1, 0.15) is 40.2 Å². The molecule has 6 rings (SSSR count). The number of benzene rings is 4. The highest BCUT2D eigenvalue weighted by atomic mass is 35.5. The number of thiophene rings is 2. The van der Waals surface area contributed by atoms with Gasteiger partial charge in [0.25, 0.3) is 11.1 Å². The van der Waals surface area contributed by atoms with Gasteiger partial charge in [0.1, 0.15) is 9.75 Å². The second kappa shape index (κ2) is 17.5. The SMILES string of the molecule is N#Cc1ccc(N)cc1.N#Cc1ccc(NC(=O)c2cc(-c3ccccc3)c(C(F)(F)F)s2)cc1.O=C(Cl)c1cc(-c2ccccc2)c(C(F)(F)F)s1. The van der Waals surface area contributed by atoms with Gasteiger partial charge < -0.3 is 11.1 Å². The number of amides is 1. The molecule has 53 heavy (non-hydrogen) atoms. The van der Waals surface area contributed by atoms with Crippen molar-refractivity contribution in [2.75, 3.05) is 11.1 Å². The van der Waals surface area contributed by atoms with E-state index < -0.39 is 33.3 Å². The molecule has 0 fully saturated rings. The van der Waals surface area contributed by atoms with Crippen LogP contribution in [-0.4, -0.2) is 11.1 Å². The number of carbonyl (C=O) groups is 2. The van der Waals surface area contributed by atoms with E-state index in [1.165, 1.54) is 36.4 Å². The minimum atomic E-state index is -4.55. The Labute approximate surface area is 311 Å². The first-order valence-electron chi connectivity index (χ1n) is 14.9.